The summed E-state index contributed by atoms with van der Waals surface area (Å²) < 4.78 is 39.7. The Morgan fingerprint density at radius 2 is 1.67 bits per heavy atom. The molecule has 4 aromatic carbocycles. The third kappa shape index (κ3) is 7.26. The van der Waals surface area contributed by atoms with Gasteiger partial charge in [-0.1, -0.05) is 91.0 Å². The molecule has 0 aromatic heterocycles. The molecular weight excluding hydrogens is 559 g/mol. The number of Topliss-reactive ketones (excluding diaryl/α,β-unsaturated/α-hetero) is 1. The Bertz CT molecular complexity index is 1850. The Morgan fingerprint density at radius 1 is 0.929 bits per heavy atom. The molecule has 0 bridgehead atoms. The summed E-state index contributed by atoms with van der Waals surface area (Å²) in [5, 5.41) is 11.4. The number of allylic oxidation sites excluding steroid dienone is 5. The zero-order chi connectivity index (χ0) is 28.8. The van der Waals surface area contributed by atoms with Crippen molar-refractivity contribution in [3.05, 3.63) is 132 Å². The smallest absolute Gasteiger partial charge is 0.748 e. The summed E-state index contributed by atoms with van der Waals surface area (Å²) in [5.41, 5.74) is 3.15. The van der Waals surface area contributed by atoms with Gasteiger partial charge in [-0.2, -0.15) is 5.26 Å². The third-order valence-corrected chi connectivity index (χ3v) is 7.41. The van der Waals surface area contributed by atoms with Gasteiger partial charge < -0.3 is 14.2 Å². The molecule has 5 rings (SSSR count). The molecule has 0 unspecified atom stereocenters. The first-order chi connectivity index (χ1) is 19.8. The topological polar surface area (TPSA) is 111 Å². The minimum absolute atomic E-state index is 0. The molecule has 1 heterocycles. The van der Waals surface area contributed by atoms with Gasteiger partial charge in [0.05, 0.1) is 21.4 Å². The number of rotatable bonds is 9. The van der Waals surface area contributed by atoms with Crippen LogP contribution in [0.1, 0.15) is 16.8 Å². The van der Waals surface area contributed by atoms with Crippen LogP contribution in [0.5, 0.6) is 5.75 Å². The second-order valence-corrected chi connectivity index (χ2v) is 10.9. The fourth-order valence-electron chi connectivity index (χ4n) is 4.69. The Labute approximate surface area is 267 Å². The third-order valence-electron chi connectivity index (χ3n) is 6.63. The molecule has 0 aliphatic carbocycles. The zero-order valence-electron chi connectivity index (χ0n) is 22.9. The molecule has 0 saturated carbocycles. The van der Waals surface area contributed by atoms with E-state index >= 15 is 0 Å². The van der Waals surface area contributed by atoms with E-state index in [1.807, 2.05) is 89.8 Å². The molecule has 7 nitrogen and oxygen atoms in total. The summed E-state index contributed by atoms with van der Waals surface area (Å²) in [5.74, 6) is 0.149. The van der Waals surface area contributed by atoms with E-state index in [2.05, 4.69) is 0 Å². The van der Waals surface area contributed by atoms with Crippen LogP contribution < -0.4 is 39.2 Å². The van der Waals surface area contributed by atoms with Crippen LogP contribution in [0.15, 0.2) is 127 Å². The number of nitrogens with zero attached hydrogens (tertiary/aromatic N) is 2. The number of benzene rings is 4. The second kappa shape index (κ2) is 13.8. The second-order valence-electron chi connectivity index (χ2n) is 9.36. The zero-order valence-corrected chi connectivity index (χ0v) is 25.8. The molecule has 0 saturated heterocycles. The van der Waals surface area contributed by atoms with E-state index in [1.165, 1.54) is 6.08 Å². The van der Waals surface area contributed by atoms with Gasteiger partial charge in [0.2, 0.25) is 11.7 Å². The number of ether oxygens (including phenoxy) is 1. The van der Waals surface area contributed by atoms with Crippen LogP contribution in [0.3, 0.4) is 0 Å². The van der Waals surface area contributed by atoms with Gasteiger partial charge in [-0.3, -0.25) is 4.79 Å². The molecule has 0 atom stereocenters. The summed E-state index contributed by atoms with van der Waals surface area (Å²) in [6, 6.07) is 30.4. The van der Waals surface area contributed by atoms with Crippen LogP contribution in [0.4, 0.5) is 5.69 Å². The molecule has 4 aromatic rings. The maximum atomic E-state index is 13.1. The Morgan fingerprint density at radius 3 is 2.43 bits per heavy atom. The van der Waals surface area contributed by atoms with Crippen LogP contribution in [-0.2, 0) is 10.1 Å². The largest absolute Gasteiger partial charge is 1.00 e. The molecule has 0 spiro atoms. The van der Waals surface area contributed by atoms with Gasteiger partial charge in [-0.15, -0.1) is 0 Å². The van der Waals surface area contributed by atoms with E-state index < -0.39 is 15.9 Å². The van der Waals surface area contributed by atoms with Crippen molar-refractivity contribution in [1.82, 2.24) is 0 Å². The maximum absolute atomic E-state index is 13.1. The van der Waals surface area contributed by atoms with E-state index in [-0.39, 0.29) is 53.9 Å². The SMILES string of the molecule is N#C\C(=C/C=C/C=C1\Oc2ccc(-c3ccccc3)cc2N1CCCS(=O)(=O)[O-])C(=O)c1cccc2ccccc12.[Na+]. The van der Waals surface area contributed by atoms with E-state index in [4.69, 9.17) is 4.74 Å². The van der Waals surface area contributed by atoms with Crippen LogP contribution >= 0.6 is 0 Å². The van der Waals surface area contributed by atoms with Crippen LogP contribution in [0, 0.1) is 11.3 Å². The van der Waals surface area contributed by atoms with Crippen LogP contribution in [0.25, 0.3) is 21.9 Å². The molecule has 1 aliphatic rings. The van der Waals surface area contributed by atoms with Crippen molar-refractivity contribution >= 4 is 32.4 Å². The minimum atomic E-state index is -4.36. The normalized spacial score (nSPS) is 14.0. The van der Waals surface area contributed by atoms with Crippen molar-refractivity contribution in [2.24, 2.45) is 0 Å². The minimum Gasteiger partial charge on any atom is -0.748 e. The first-order valence-corrected chi connectivity index (χ1v) is 14.5. The number of nitriles is 1. The molecule has 0 N–H and O–H groups in total. The summed E-state index contributed by atoms with van der Waals surface area (Å²) >= 11 is 0. The maximum Gasteiger partial charge on any atom is 1.00 e. The van der Waals surface area contributed by atoms with Gasteiger partial charge in [0.1, 0.15) is 6.07 Å². The van der Waals surface area contributed by atoms with Crippen molar-refractivity contribution < 1.29 is 52.1 Å². The molecule has 1 aliphatic heterocycles. The van der Waals surface area contributed by atoms with Gasteiger partial charge in [-0.25, -0.2) is 8.42 Å². The van der Waals surface area contributed by atoms with E-state index in [0.29, 0.717) is 17.2 Å². The fraction of sp³-hybridized carbons (Fsp3) is 0.0909. The molecular formula is C33H25N2NaO5S. The van der Waals surface area contributed by atoms with Crippen molar-refractivity contribution in [1.29, 1.82) is 5.26 Å². The Kier molecular flexibility index (Phi) is 10.2. The average Bonchev–Trinajstić information content (AvgIpc) is 3.32. The first kappa shape index (κ1) is 31.0. The number of hydrogen-bond donors (Lipinski definition) is 0. The quantitative estimate of drug-likeness (QED) is 0.0741. The van der Waals surface area contributed by atoms with Gasteiger partial charge in [0.25, 0.3) is 0 Å². The molecule has 0 fully saturated rings. The Hall–Kier alpha value is -3.97. The van der Waals surface area contributed by atoms with Gasteiger partial charge in [0.15, 0.2) is 5.75 Å². The monoisotopic (exact) mass is 584 g/mol. The summed E-state index contributed by atoms with van der Waals surface area (Å²) in [6.07, 6.45) is 6.46. The molecule has 0 radical (unpaired) electrons. The van der Waals surface area contributed by atoms with Crippen molar-refractivity contribution in [2.45, 2.75) is 6.42 Å². The van der Waals surface area contributed by atoms with Crippen molar-refractivity contribution in [2.75, 3.05) is 17.2 Å². The summed E-state index contributed by atoms with van der Waals surface area (Å²) in [7, 11) is -4.36. The number of carbonyl (C=O) groups excluding carboxylic acids is 1. The van der Waals surface area contributed by atoms with Crippen LogP contribution in [-0.4, -0.2) is 31.1 Å². The summed E-state index contributed by atoms with van der Waals surface area (Å²) in [6.45, 7) is 0.241. The molecule has 204 valence electrons. The number of ketones is 1. The predicted octanol–water partition coefficient (Wildman–Crippen LogP) is 3.38. The summed E-state index contributed by atoms with van der Waals surface area (Å²) in [4.78, 5) is 15.0. The average molecular weight is 585 g/mol. The van der Waals surface area contributed by atoms with E-state index in [9.17, 15) is 23.0 Å². The van der Waals surface area contributed by atoms with Gasteiger partial charge in [0, 0.05) is 17.9 Å². The number of anilines is 1. The number of carbonyl (C=O) groups is 1. The standard InChI is InChI=1S/C33H26N2O5S.Na/c34-23-27(33(36)29-16-8-14-25-12-4-6-15-28(25)29)13-5-7-17-32-35(20-9-21-41(37,38)39)30-22-26(18-19-31(30)40-32)24-10-2-1-3-11-24;/h1-8,10-19,22H,9,20-21H2,(H,37,38,39);/q;+1/p-1/b7-5+,27-13+,32-17-;. The molecule has 42 heavy (non-hydrogen) atoms. The van der Waals surface area contributed by atoms with Crippen LogP contribution in [0.2, 0.25) is 0 Å². The number of fused-ring (bicyclic) bond motifs is 2. The Balaban J connectivity index is 0.00000405. The molecule has 0 amide bonds. The van der Waals surface area contributed by atoms with E-state index in [0.717, 1.165) is 27.6 Å². The van der Waals surface area contributed by atoms with Crippen molar-refractivity contribution in [3.63, 3.8) is 0 Å². The fourth-order valence-corrected chi connectivity index (χ4v) is 5.17. The van der Waals surface area contributed by atoms with E-state index in [1.54, 1.807) is 30.4 Å². The first-order valence-electron chi connectivity index (χ1n) is 12.9. The van der Waals surface area contributed by atoms with Gasteiger partial charge in [-0.05, 0) is 52.6 Å². The predicted molar refractivity (Wildman–Crippen MR) is 158 cm³/mol. The number of hydrogen-bond acceptors (Lipinski definition) is 7. The van der Waals surface area contributed by atoms with Gasteiger partial charge >= 0.3 is 29.6 Å². The van der Waals surface area contributed by atoms with Crippen molar-refractivity contribution in [3.8, 4) is 22.9 Å². The molecule has 9 heteroatoms.